The lowest BCUT2D eigenvalue weighted by Crippen LogP contribution is -2.35. The molecule has 1 fully saturated rings. The van der Waals surface area contributed by atoms with E-state index in [1.165, 1.54) is 6.42 Å². The number of nitrogens with zero attached hydrogens (tertiary/aromatic N) is 2. The van der Waals surface area contributed by atoms with Gasteiger partial charge >= 0.3 is 0 Å². The summed E-state index contributed by atoms with van der Waals surface area (Å²) in [7, 11) is 0. The van der Waals surface area contributed by atoms with Crippen LogP contribution in [0.4, 0.5) is 0 Å². The fourth-order valence-corrected chi connectivity index (χ4v) is 2.36. The Kier molecular flexibility index (Phi) is 3.81. The minimum absolute atomic E-state index is 0.215. The van der Waals surface area contributed by atoms with Gasteiger partial charge in [0.25, 0.3) is 0 Å². The van der Waals surface area contributed by atoms with E-state index in [-0.39, 0.29) is 11.8 Å². The second-order valence-corrected chi connectivity index (χ2v) is 5.30. The van der Waals surface area contributed by atoms with E-state index in [1.807, 2.05) is 47.4 Å². The lowest BCUT2D eigenvalue weighted by molar-refractivity contribution is -0.127. The molecule has 0 radical (unpaired) electrons. The summed E-state index contributed by atoms with van der Waals surface area (Å²) in [6.45, 7) is 0.690. The number of hydrogen-bond acceptors (Lipinski definition) is 2. The third kappa shape index (κ3) is 2.90. The molecule has 4 heteroatoms. The Morgan fingerprint density at radius 3 is 2.80 bits per heavy atom. The molecule has 0 atom stereocenters. The molecule has 3 rings (SSSR count). The normalized spacial score (nSPS) is 14.8. The Balaban J connectivity index is 1.51. The Bertz CT molecular complexity index is 572. The number of amides is 1. The van der Waals surface area contributed by atoms with Crippen LogP contribution in [0.15, 0.2) is 42.7 Å². The zero-order chi connectivity index (χ0) is 13.8. The second kappa shape index (κ2) is 5.90. The maximum atomic E-state index is 11.7. The van der Waals surface area contributed by atoms with Crippen LogP contribution in [0, 0.1) is 5.92 Å². The molecule has 0 bridgehead atoms. The number of benzene rings is 1. The summed E-state index contributed by atoms with van der Waals surface area (Å²) in [5.74, 6) is 0.480. The molecule has 1 saturated carbocycles. The van der Waals surface area contributed by atoms with Crippen LogP contribution < -0.4 is 5.32 Å². The number of nitrogens with one attached hydrogen (secondary N) is 1. The first kappa shape index (κ1) is 12.9. The van der Waals surface area contributed by atoms with E-state index < -0.39 is 0 Å². The molecule has 1 N–H and O–H groups in total. The topological polar surface area (TPSA) is 46.9 Å². The summed E-state index contributed by atoms with van der Waals surface area (Å²) >= 11 is 0. The van der Waals surface area contributed by atoms with E-state index >= 15 is 0 Å². The molecule has 104 valence electrons. The largest absolute Gasteiger partial charge is 0.356 e. The Hall–Kier alpha value is -2.10. The van der Waals surface area contributed by atoms with E-state index in [0.29, 0.717) is 6.54 Å². The summed E-state index contributed by atoms with van der Waals surface area (Å²) < 4.78 is 1.86. The first-order valence-electron chi connectivity index (χ1n) is 7.19. The van der Waals surface area contributed by atoms with E-state index in [9.17, 15) is 4.79 Å². The molecule has 0 unspecified atom stereocenters. The first-order chi connectivity index (χ1) is 9.83. The summed E-state index contributed by atoms with van der Waals surface area (Å²) in [6, 6.07) is 10.0. The van der Waals surface area contributed by atoms with Crippen molar-refractivity contribution in [1.29, 1.82) is 0 Å². The summed E-state index contributed by atoms with van der Waals surface area (Å²) in [4.78, 5) is 11.7. The third-order valence-corrected chi connectivity index (χ3v) is 3.85. The highest BCUT2D eigenvalue weighted by Gasteiger charge is 2.24. The van der Waals surface area contributed by atoms with Gasteiger partial charge in [0.1, 0.15) is 0 Å². The molecule has 0 saturated heterocycles. The smallest absolute Gasteiger partial charge is 0.223 e. The fraction of sp³-hybridized carbons (Fsp3) is 0.375. The highest BCUT2D eigenvalue weighted by molar-refractivity contribution is 5.79. The van der Waals surface area contributed by atoms with Crippen molar-refractivity contribution in [2.45, 2.75) is 25.7 Å². The van der Waals surface area contributed by atoms with Gasteiger partial charge < -0.3 is 5.32 Å². The van der Waals surface area contributed by atoms with Gasteiger partial charge in [0.15, 0.2) is 0 Å². The number of carbonyl (C=O) groups is 1. The van der Waals surface area contributed by atoms with E-state index in [2.05, 4.69) is 10.4 Å². The lowest BCUT2D eigenvalue weighted by atomic mass is 9.85. The van der Waals surface area contributed by atoms with Crippen molar-refractivity contribution in [3.63, 3.8) is 0 Å². The number of hydrogen-bond donors (Lipinski definition) is 1. The SMILES string of the molecule is O=C(NCCc1cnn(-c2ccccc2)c1)C1CCC1. The predicted octanol–water partition coefficient (Wildman–Crippen LogP) is 2.33. The van der Waals surface area contributed by atoms with Crippen LogP contribution in [0.5, 0.6) is 0 Å². The van der Waals surface area contributed by atoms with Gasteiger partial charge in [-0.2, -0.15) is 5.10 Å². The van der Waals surface area contributed by atoms with Crippen LogP contribution in [0.25, 0.3) is 5.69 Å². The Labute approximate surface area is 118 Å². The van der Waals surface area contributed by atoms with Crippen LogP contribution in [-0.2, 0) is 11.2 Å². The van der Waals surface area contributed by atoms with Crippen molar-refractivity contribution in [3.05, 3.63) is 48.3 Å². The van der Waals surface area contributed by atoms with Gasteiger partial charge in [0.05, 0.1) is 11.9 Å². The van der Waals surface area contributed by atoms with Crippen LogP contribution in [-0.4, -0.2) is 22.2 Å². The molecular weight excluding hydrogens is 250 g/mol. The molecule has 1 aromatic carbocycles. The molecule has 1 aliphatic carbocycles. The predicted molar refractivity (Wildman–Crippen MR) is 77.6 cm³/mol. The van der Waals surface area contributed by atoms with Gasteiger partial charge in [-0.25, -0.2) is 4.68 Å². The number of rotatable bonds is 5. The highest BCUT2D eigenvalue weighted by atomic mass is 16.1. The van der Waals surface area contributed by atoms with Crippen molar-refractivity contribution >= 4 is 5.91 Å². The fourth-order valence-electron chi connectivity index (χ4n) is 2.36. The van der Waals surface area contributed by atoms with E-state index in [1.54, 1.807) is 0 Å². The van der Waals surface area contributed by atoms with E-state index in [4.69, 9.17) is 0 Å². The molecular formula is C16H19N3O. The summed E-state index contributed by atoms with van der Waals surface area (Å²) in [5, 5.41) is 7.36. The highest BCUT2D eigenvalue weighted by Crippen LogP contribution is 2.26. The maximum absolute atomic E-state index is 11.7. The molecule has 1 heterocycles. The van der Waals surface area contributed by atoms with Gasteiger partial charge in [0.2, 0.25) is 5.91 Å². The van der Waals surface area contributed by atoms with E-state index in [0.717, 1.165) is 30.5 Å². The Morgan fingerprint density at radius 2 is 2.10 bits per heavy atom. The standard InChI is InChI=1S/C16H19N3O/c20-16(14-5-4-6-14)17-10-9-13-11-18-19(12-13)15-7-2-1-3-8-15/h1-3,7-8,11-12,14H,4-6,9-10H2,(H,17,20). The van der Waals surface area contributed by atoms with Crippen LogP contribution in [0.1, 0.15) is 24.8 Å². The summed E-state index contributed by atoms with van der Waals surface area (Å²) in [6.07, 6.45) is 8.01. The zero-order valence-electron chi connectivity index (χ0n) is 11.5. The monoisotopic (exact) mass is 269 g/mol. The van der Waals surface area contributed by atoms with Crippen molar-refractivity contribution in [1.82, 2.24) is 15.1 Å². The average Bonchev–Trinajstić information content (AvgIpc) is 2.86. The summed E-state index contributed by atoms with van der Waals surface area (Å²) in [5.41, 5.74) is 2.19. The third-order valence-electron chi connectivity index (χ3n) is 3.85. The Morgan fingerprint density at radius 1 is 1.30 bits per heavy atom. The quantitative estimate of drug-likeness (QED) is 0.905. The van der Waals surface area contributed by atoms with Gasteiger partial charge in [-0.15, -0.1) is 0 Å². The van der Waals surface area contributed by atoms with Crippen LogP contribution >= 0.6 is 0 Å². The van der Waals surface area contributed by atoms with Crippen LogP contribution in [0.3, 0.4) is 0 Å². The molecule has 1 aliphatic rings. The minimum Gasteiger partial charge on any atom is -0.356 e. The number of carbonyl (C=O) groups excluding carboxylic acids is 1. The van der Waals surface area contributed by atoms with Crippen molar-refractivity contribution in [3.8, 4) is 5.69 Å². The molecule has 0 spiro atoms. The zero-order valence-corrected chi connectivity index (χ0v) is 11.5. The number of para-hydroxylation sites is 1. The molecule has 1 aromatic heterocycles. The van der Waals surface area contributed by atoms with Gasteiger partial charge in [0, 0.05) is 18.7 Å². The van der Waals surface area contributed by atoms with Gasteiger partial charge in [-0.3, -0.25) is 4.79 Å². The minimum atomic E-state index is 0.215. The average molecular weight is 269 g/mol. The molecule has 2 aromatic rings. The number of aromatic nitrogens is 2. The first-order valence-corrected chi connectivity index (χ1v) is 7.19. The van der Waals surface area contributed by atoms with Crippen molar-refractivity contribution < 1.29 is 4.79 Å². The molecule has 1 amide bonds. The van der Waals surface area contributed by atoms with Gasteiger partial charge in [-0.1, -0.05) is 24.6 Å². The van der Waals surface area contributed by atoms with Crippen LogP contribution in [0.2, 0.25) is 0 Å². The van der Waals surface area contributed by atoms with Gasteiger partial charge in [-0.05, 0) is 37.0 Å². The molecule has 20 heavy (non-hydrogen) atoms. The molecule has 4 nitrogen and oxygen atoms in total. The lowest BCUT2D eigenvalue weighted by Gasteiger charge is -2.23. The van der Waals surface area contributed by atoms with Crippen molar-refractivity contribution in [2.24, 2.45) is 5.92 Å². The second-order valence-electron chi connectivity index (χ2n) is 5.30. The maximum Gasteiger partial charge on any atom is 0.223 e. The molecule has 0 aliphatic heterocycles. The van der Waals surface area contributed by atoms with Crippen molar-refractivity contribution in [2.75, 3.05) is 6.54 Å².